The SMILES string of the molecule is C[C@@H](O)CNC(=O)c1ccnc(F)c1. The van der Waals surface area contributed by atoms with Gasteiger partial charge >= 0.3 is 0 Å². The van der Waals surface area contributed by atoms with Gasteiger partial charge in [-0.1, -0.05) is 0 Å². The van der Waals surface area contributed by atoms with E-state index in [1.165, 1.54) is 12.3 Å². The van der Waals surface area contributed by atoms with E-state index < -0.39 is 18.0 Å². The van der Waals surface area contributed by atoms with E-state index in [1.54, 1.807) is 6.92 Å². The molecule has 0 aliphatic heterocycles. The van der Waals surface area contributed by atoms with Crippen LogP contribution in [0.3, 0.4) is 0 Å². The maximum absolute atomic E-state index is 12.6. The van der Waals surface area contributed by atoms with Gasteiger partial charge < -0.3 is 10.4 Å². The molecule has 0 fully saturated rings. The molecule has 0 spiro atoms. The molecule has 0 bridgehead atoms. The third kappa shape index (κ3) is 3.10. The van der Waals surface area contributed by atoms with Gasteiger partial charge in [-0.25, -0.2) is 4.98 Å². The molecule has 1 heterocycles. The van der Waals surface area contributed by atoms with Crippen LogP contribution in [0.4, 0.5) is 4.39 Å². The van der Waals surface area contributed by atoms with E-state index in [1.807, 2.05) is 0 Å². The Morgan fingerprint density at radius 1 is 1.79 bits per heavy atom. The summed E-state index contributed by atoms with van der Waals surface area (Å²) in [5.41, 5.74) is 0.193. The number of carbonyl (C=O) groups excluding carboxylic acids is 1. The maximum atomic E-state index is 12.6. The molecule has 0 saturated heterocycles. The third-order valence-corrected chi connectivity index (χ3v) is 1.55. The second-order valence-electron chi connectivity index (χ2n) is 2.93. The van der Waals surface area contributed by atoms with Gasteiger partial charge in [-0.3, -0.25) is 4.79 Å². The van der Waals surface area contributed by atoms with Gasteiger partial charge in [0.2, 0.25) is 5.95 Å². The number of amides is 1. The van der Waals surface area contributed by atoms with Gasteiger partial charge in [0.15, 0.2) is 0 Å². The van der Waals surface area contributed by atoms with Crippen LogP contribution >= 0.6 is 0 Å². The largest absolute Gasteiger partial charge is 0.392 e. The van der Waals surface area contributed by atoms with Crippen molar-refractivity contribution in [3.05, 3.63) is 29.8 Å². The summed E-state index contributed by atoms with van der Waals surface area (Å²) >= 11 is 0. The van der Waals surface area contributed by atoms with Crippen molar-refractivity contribution in [3.63, 3.8) is 0 Å². The van der Waals surface area contributed by atoms with Crippen LogP contribution in [-0.4, -0.2) is 28.6 Å². The molecule has 5 heteroatoms. The van der Waals surface area contributed by atoms with Crippen molar-refractivity contribution in [2.24, 2.45) is 0 Å². The molecule has 0 aliphatic rings. The van der Waals surface area contributed by atoms with Gasteiger partial charge in [0.25, 0.3) is 5.91 Å². The van der Waals surface area contributed by atoms with Crippen molar-refractivity contribution in [1.82, 2.24) is 10.3 Å². The van der Waals surface area contributed by atoms with E-state index in [2.05, 4.69) is 10.3 Å². The van der Waals surface area contributed by atoms with Gasteiger partial charge in [-0.05, 0) is 13.0 Å². The molecule has 2 N–H and O–H groups in total. The number of pyridine rings is 1. The Balaban J connectivity index is 2.61. The summed E-state index contributed by atoms with van der Waals surface area (Å²) in [7, 11) is 0. The fourth-order valence-corrected chi connectivity index (χ4v) is 0.886. The molecule has 1 amide bonds. The van der Waals surface area contributed by atoms with E-state index in [9.17, 15) is 9.18 Å². The fourth-order valence-electron chi connectivity index (χ4n) is 0.886. The van der Waals surface area contributed by atoms with Crippen LogP contribution in [0.2, 0.25) is 0 Å². The Kier molecular flexibility index (Phi) is 3.53. The minimum atomic E-state index is -0.699. The molecule has 0 saturated carbocycles. The molecule has 0 unspecified atom stereocenters. The lowest BCUT2D eigenvalue weighted by molar-refractivity contribution is 0.0923. The first-order valence-corrected chi connectivity index (χ1v) is 4.17. The topological polar surface area (TPSA) is 62.2 Å². The predicted octanol–water partition coefficient (Wildman–Crippen LogP) is 0.331. The Morgan fingerprint density at radius 2 is 2.50 bits per heavy atom. The van der Waals surface area contributed by atoms with Crippen molar-refractivity contribution < 1.29 is 14.3 Å². The van der Waals surface area contributed by atoms with Crippen molar-refractivity contribution in [1.29, 1.82) is 0 Å². The molecular formula is C9H11FN2O2. The minimum absolute atomic E-state index is 0.142. The summed E-state index contributed by atoms with van der Waals surface area (Å²) < 4.78 is 12.6. The zero-order valence-corrected chi connectivity index (χ0v) is 7.70. The van der Waals surface area contributed by atoms with Crippen LogP contribution < -0.4 is 5.32 Å². The third-order valence-electron chi connectivity index (χ3n) is 1.55. The van der Waals surface area contributed by atoms with E-state index in [0.29, 0.717) is 0 Å². The number of aromatic nitrogens is 1. The molecule has 0 aliphatic carbocycles. The van der Waals surface area contributed by atoms with Crippen molar-refractivity contribution in [2.45, 2.75) is 13.0 Å². The number of carbonyl (C=O) groups is 1. The van der Waals surface area contributed by atoms with E-state index in [-0.39, 0.29) is 12.1 Å². The monoisotopic (exact) mass is 198 g/mol. The van der Waals surface area contributed by atoms with E-state index in [4.69, 9.17) is 5.11 Å². The molecule has 1 rings (SSSR count). The summed E-state index contributed by atoms with van der Waals surface area (Å²) in [6.45, 7) is 1.69. The van der Waals surface area contributed by atoms with Gasteiger partial charge in [0.05, 0.1) is 6.10 Å². The lowest BCUT2D eigenvalue weighted by Gasteiger charge is -2.06. The van der Waals surface area contributed by atoms with Crippen LogP contribution in [0.15, 0.2) is 18.3 Å². The molecule has 1 aromatic rings. The quantitative estimate of drug-likeness (QED) is 0.688. The molecular weight excluding hydrogens is 187 g/mol. The highest BCUT2D eigenvalue weighted by atomic mass is 19.1. The van der Waals surface area contributed by atoms with Gasteiger partial charge in [-0.15, -0.1) is 0 Å². The van der Waals surface area contributed by atoms with Crippen LogP contribution in [0.25, 0.3) is 0 Å². The Bertz CT molecular complexity index is 328. The standard InChI is InChI=1S/C9H11FN2O2/c1-6(13)5-12-9(14)7-2-3-11-8(10)4-7/h2-4,6,13H,5H2,1H3,(H,12,14)/t6-/m1/s1. The molecule has 76 valence electrons. The average molecular weight is 198 g/mol. The number of rotatable bonds is 3. The molecule has 1 aromatic heterocycles. The van der Waals surface area contributed by atoms with Crippen LogP contribution in [0.1, 0.15) is 17.3 Å². The predicted molar refractivity (Wildman–Crippen MR) is 48.2 cm³/mol. The number of nitrogens with one attached hydrogen (secondary N) is 1. The van der Waals surface area contributed by atoms with Crippen molar-refractivity contribution in [3.8, 4) is 0 Å². The van der Waals surface area contributed by atoms with Gasteiger partial charge in [-0.2, -0.15) is 4.39 Å². The molecule has 4 nitrogen and oxygen atoms in total. The summed E-state index contributed by atoms with van der Waals surface area (Å²) in [6.07, 6.45) is 0.595. The maximum Gasteiger partial charge on any atom is 0.251 e. The molecule has 1 atom stereocenters. The van der Waals surface area contributed by atoms with E-state index >= 15 is 0 Å². The first kappa shape index (κ1) is 10.6. The fraction of sp³-hybridized carbons (Fsp3) is 0.333. The second kappa shape index (κ2) is 4.66. The minimum Gasteiger partial charge on any atom is -0.392 e. The normalized spacial score (nSPS) is 12.2. The Labute approximate surface area is 80.8 Å². The van der Waals surface area contributed by atoms with Crippen molar-refractivity contribution in [2.75, 3.05) is 6.54 Å². The molecule has 14 heavy (non-hydrogen) atoms. The first-order chi connectivity index (χ1) is 6.59. The smallest absolute Gasteiger partial charge is 0.251 e. The molecule has 0 radical (unpaired) electrons. The van der Waals surface area contributed by atoms with Gasteiger partial charge in [0.1, 0.15) is 0 Å². The lowest BCUT2D eigenvalue weighted by Crippen LogP contribution is -2.30. The number of aliphatic hydroxyl groups is 1. The Morgan fingerprint density at radius 3 is 3.07 bits per heavy atom. The summed E-state index contributed by atoms with van der Waals surface area (Å²) in [6, 6.07) is 2.44. The average Bonchev–Trinajstić information content (AvgIpc) is 2.14. The number of halogens is 1. The number of hydrogen-bond donors (Lipinski definition) is 2. The lowest BCUT2D eigenvalue weighted by atomic mass is 10.2. The van der Waals surface area contributed by atoms with Crippen molar-refractivity contribution >= 4 is 5.91 Å². The summed E-state index contributed by atoms with van der Waals surface area (Å²) in [5.74, 6) is -1.12. The molecule has 0 aromatic carbocycles. The van der Waals surface area contributed by atoms with Crippen LogP contribution in [0.5, 0.6) is 0 Å². The first-order valence-electron chi connectivity index (χ1n) is 4.17. The van der Waals surface area contributed by atoms with Crippen LogP contribution in [0, 0.1) is 5.95 Å². The summed E-state index contributed by atoms with van der Waals surface area (Å²) in [5, 5.41) is 11.3. The summed E-state index contributed by atoms with van der Waals surface area (Å²) in [4.78, 5) is 14.6. The highest BCUT2D eigenvalue weighted by molar-refractivity contribution is 5.93. The van der Waals surface area contributed by atoms with Crippen LogP contribution in [-0.2, 0) is 0 Å². The zero-order valence-electron chi connectivity index (χ0n) is 7.70. The van der Waals surface area contributed by atoms with E-state index in [0.717, 1.165) is 6.07 Å². The zero-order chi connectivity index (χ0) is 10.6. The second-order valence-corrected chi connectivity index (χ2v) is 2.93. The highest BCUT2D eigenvalue weighted by Crippen LogP contribution is 1.99. The Hall–Kier alpha value is -1.49. The number of aliphatic hydroxyl groups excluding tert-OH is 1. The number of hydrogen-bond acceptors (Lipinski definition) is 3. The number of nitrogens with zero attached hydrogens (tertiary/aromatic N) is 1. The van der Waals surface area contributed by atoms with Gasteiger partial charge in [0, 0.05) is 24.4 Å². The highest BCUT2D eigenvalue weighted by Gasteiger charge is 2.06.